The summed E-state index contributed by atoms with van der Waals surface area (Å²) < 4.78 is 1.10. The molecule has 0 bridgehead atoms. The van der Waals surface area contributed by atoms with Crippen LogP contribution in [0.3, 0.4) is 0 Å². The van der Waals surface area contributed by atoms with Crippen LogP contribution in [-0.2, 0) is 16.0 Å². The predicted molar refractivity (Wildman–Crippen MR) is 121 cm³/mol. The van der Waals surface area contributed by atoms with E-state index >= 15 is 0 Å². The molecule has 1 unspecified atom stereocenters. The van der Waals surface area contributed by atoms with Gasteiger partial charge in [-0.1, -0.05) is 48.8 Å². The van der Waals surface area contributed by atoms with Crippen LogP contribution < -0.4 is 5.32 Å². The average Bonchev–Trinajstić information content (AvgIpc) is 3.10. The second-order valence-electron chi connectivity index (χ2n) is 8.72. The molecule has 0 radical (unpaired) electrons. The molecular formula is C22H28BrN3O2S. The summed E-state index contributed by atoms with van der Waals surface area (Å²) in [7, 11) is 0. The number of hydrogen-bond acceptors (Lipinski definition) is 4. The van der Waals surface area contributed by atoms with Crippen molar-refractivity contribution in [2.45, 2.75) is 47.0 Å². The molecule has 1 atom stereocenters. The van der Waals surface area contributed by atoms with Crippen molar-refractivity contribution in [3.8, 4) is 0 Å². The van der Waals surface area contributed by atoms with E-state index in [0.717, 1.165) is 35.2 Å². The Morgan fingerprint density at radius 2 is 2.10 bits per heavy atom. The van der Waals surface area contributed by atoms with Crippen LogP contribution in [0, 0.1) is 18.3 Å². The van der Waals surface area contributed by atoms with E-state index in [9.17, 15) is 9.59 Å². The smallest absolute Gasteiger partial charge is 0.231 e. The van der Waals surface area contributed by atoms with Crippen LogP contribution in [0.5, 0.6) is 0 Å². The van der Waals surface area contributed by atoms with Gasteiger partial charge in [0.1, 0.15) is 0 Å². The van der Waals surface area contributed by atoms with Crippen molar-refractivity contribution in [1.82, 2.24) is 9.88 Å². The van der Waals surface area contributed by atoms with Crippen LogP contribution in [0.1, 0.15) is 49.6 Å². The van der Waals surface area contributed by atoms with E-state index in [1.165, 1.54) is 22.5 Å². The molecule has 1 aliphatic heterocycles. The van der Waals surface area contributed by atoms with Gasteiger partial charge in [-0.15, -0.1) is 11.3 Å². The molecule has 1 N–H and O–H groups in total. The average molecular weight is 478 g/mol. The van der Waals surface area contributed by atoms with Crippen LogP contribution in [0.25, 0.3) is 0 Å². The minimum absolute atomic E-state index is 0.0446. The number of likely N-dealkylation sites (tertiary alicyclic amines) is 1. The maximum absolute atomic E-state index is 12.7. The summed E-state index contributed by atoms with van der Waals surface area (Å²) >= 11 is 5.03. The first kappa shape index (κ1) is 22.0. The number of halogens is 1. The van der Waals surface area contributed by atoms with Crippen LogP contribution in [0.4, 0.5) is 5.13 Å². The van der Waals surface area contributed by atoms with E-state index in [1.54, 1.807) is 0 Å². The van der Waals surface area contributed by atoms with E-state index < -0.39 is 5.41 Å². The second-order valence-corrected chi connectivity index (χ2v) is 10.7. The molecule has 1 saturated heterocycles. The number of rotatable bonds is 4. The van der Waals surface area contributed by atoms with E-state index in [2.05, 4.69) is 51.4 Å². The molecule has 3 rings (SSSR count). The van der Waals surface area contributed by atoms with Crippen molar-refractivity contribution < 1.29 is 9.59 Å². The molecule has 1 aromatic carbocycles. The van der Waals surface area contributed by atoms with Gasteiger partial charge in [0, 0.05) is 40.5 Å². The molecule has 1 aromatic heterocycles. The van der Waals surface area contributed by atoms with Crippen molar-refractivity contribution in [2.75, 3.05) is 18.4 Å². The molecule has 0 saturated carbocycles. The number of nitrogens with one attached hydrogen (secondary N) is 1. The first-order valence-electron chi connectivity index (χ1n) is 9.93. The first-order chi connectivity index (χ1) is 13.6. The normalized spacial score (nSPS) is 17.3. The highest BCUT2D eigenvalue weighted by Crippen LogP contribution is 2.27. The third-order valence-electron chi connectivity index (χ3n) is 5.11. The van der Waals surface area contributed by atoms with Gasteiger partial charge in [-0.25, -0.2) is 4.98 Å². The summed E-state index contributed by atoms with van der Waals surface area (Å²) in [6, 6.07) is 6.31. The maximum atomic E-state index is 12.7. The van der Waals surface area contributed by atoms with Crippen molar-refractivity contribution in [1.29, 1.82) is 0 Å². The molecule has 0 aliphatic carbocycles. The Balaban J connectivity index is 1.59. The molecular weight excluding hydrogens is 450 g/mol. The fourth-order valence-electron chi connectivity index (χ4n) is 3.52. The molecule has 29 heavy (non-hydrogen) atoms. The maximum Gasteiger partial charge on any atom is 0.231 e. The lowest BCUT2D eigenvalue weighted by atomic mass is 9.91. The quantitative estimate of drug-likeness (QED) is 0.671. The van der Waals surface area contributed by atoms with Crippen LogP contribution in [0.15, 0.2) is 28.9 Å². The number of anilines is 1. The zero-order chi connectivity index (χ0) is 21.2. The molecule has 0 spiro atoms. The molecule has 1 aliphatic rings. The molecule has 156 valence electrons. The number of aryl methyl sites for hydroxylation is 1. The van der Waals surface area contributed by atoms with E-state index in [0.29, 0.717) is 11.7 Å². The topological polar surface area (TPSA) is 62.3 Å². The summed E-state index contributed by atoms with van der Waals surface area (Å²) in [5.74, 6) is -0.121. The number of aromatic nitrogens is 1. The molecule has 2 heterocycles. The lowest BCUT2D eigenvalue weighted by Gasteiger charge is -2.35. The Bertz CT molecular complexity index is 904. The Hall–Kier alpha value is -1.73. The van der Waals surface area contributed by atoms with Gasteiger partial charge in [0.25, 0.3) is 0 Å². The Morgan fingerprint density at radius 3 is 2.79 bits per heavy atom. The Labute approximate surface area is 185 Å². The van der Waals surface area contributed by atoms with Gasteiger partial charge in [0.05, 0.1) is 5.92 Å². The Morgan fingerprint density at radius 1 is 1.34 bits per heavy atom. The number of nitrogens with zero attached hydrogens (tertiary/aromatic N) is 2. The lowest BCUT2D eigenvalue weighted by molar-refractivity contribution is -0.142. The highest BCUT2D eigenvalue weighted by atomic mass is 79.9. The summed E-state index contributed by atoms with van der Waals surface area (Å²) in [4.78, 5) is 32.6. The molecule has 2 aromatic rings. The molecule has 5 nitrogen and oxygen atoms in total. The standard InChI is InChI=1S/C22H28BrN3O2S/c1-14-10-15(7-8-18(14)23)11-17-12-24-21(29-17)25-19(27)16-6-5-9-26(13-16)20(28)22(2,3)4/h7-8,10,12,16H,5-6,9,11,13H2,1-4H3,(H,24,25,27). The summed E-state index contributed by atoms with van der Waals surface area (Å²) in [6.07, 6.45) is 4.27. The second kappa shape index (κ2) is 8.96. The number of benzene rings is 1. The van der Waals surface area contributed by atoms with Gasteiger partial charge < -0.3 is 10.2 Å². The van der Waals surface area contributed by atoms with Gasteiger partial charge in [0.2, 0.25) is 11.8 Å². The van der Waals surface area contributed by atoms with E-state index in [4.69, 9.17) is 0 Å². The zero-order valence-electron chi connectivity index (χ0n) is 17.4. The van der Waals surface area contributed by atoms with Crippen LogP contribution in [0.2, 0.25) is 0 Å². The number of carbonyl (C=O) groups is 2. The monoisotopic (exact) mass is 477 g/mol. The van der Waals surface area contributed by atoms with Gasteiger partial charge in [0.15, 0.2) is 5.13 Å². The van der Waals surface area contributed by atoms with Crippen molar-refractivity contribution in [2.24, 2.45) is 11.3 Å². The molecule has 2 amide bonds. The minimum Gasteiger partial charge on any atom is -0.341 e. The van der Waals surface area contributed by atoms with Crippen molar-refractivity contribution in [3.05, 3.63) is 44.9 Å². The van der Waals surface area contributed by atoms with Gasteiger partial charge >= 0.3 is 0 Å². The van der Waals surface area contributed by atoms with Gasteiger partial charge in [-0.3, -0.25) is 9.59 Å². The number of piperidine rings is 1. The first-order valence-corrected chi connectivity index (χ1v) is 11.5. The Kier molecular flexibility index (Phi) is 6.79. The molecule has 7 heteroatoms. The van der Waals surface area contributed by atoms with E-state index in [1.807, 2.05) is 31.9 Å². The highest BCUT2D eigenvalue weighted by molar-refractivity contribution is 9.10. The van der Waals surface area contributed by atoms with Crippen molar-refractivity contribution >= 4 is 44.2 Å². The predicted octanol–water partition coefficient (Wildman–Crippen LogP) is 5.03. The fraction of sp³-hybridized carbons (Fsp3) is 0.500. The number of hydrogen-bond donors (Lipinski definition) is 1. The summed E-state index contributed by atoms with van der Waals surface area (Å²) in [5.41, 5.74) is 2.00. The van der Waals surface area contributed by atoms with Crippen molar-refractivity contribution in [3.63, 3.8) is 0 Å². The number of carbonyl (C=O) groups excluding carboxylic acids is 2. The summed E-state index contributed by atoms with van der Waals surface area (Å²) in [6.45, 7) is 9.05. The third-order valence-corrected chi connectivity index (χ3v) is 6.91. The minimum atomic E-state index is -0.423. The highest BCUT2D eigenvalue weighted by Gasteiger charge is 2.33. The lowest BCUT2D eigenvalue weighted by Crippen LogP contribution is -2.47. The SMILES string of the molecule is Cc1cc(Cc2cnc(NC(=O)C3CCCN(C(=O)C(C)(C)C)C3)s2)ccc1Br. The summed E-state index contributed by atoms with van der Waals surface area (Å²) in [5, 5.41) is 3.58. The number of amides is 2. The number of thiazole rings is 1. The molecule has 1 fully saturated rings. The third kappa shape index (κ3) is 5.66. The largest absolute Gasteiger partial charge is 0.341 e. The van der Waals surface area contributed by atoms with Crippen LogP contribution >= 0.6 is 27.3 Å². The fourth-order valence-corrected chi connectivity index (χ4v) is 4.62. The van der Waals surface area contributed by atoms with E-state index in [-0.39, 0.29) is 17.7 Å². The van der Waals surface area contributed by atoms with Gasteiger partial charge in [-0.2, -0.15) is 0 Å². The van der Waals surface area contributed by atoms with Gasteiger partial charge in [-0.05, 0) is 37.0 Å². The zero-order valence-corrected chi connectivity index (χ0v) is 19.8. The van der Waals surface area contributed by atoms with Crippen LogP contribution in [-0.4, -0.2) is 34.8 Å².